The van der Waals surface area contributed by atoms with Crippen molar-refractivity contribution in [1.82, 2.24) is 0 Å². The minimum atomic E-state index is -0.605. The van der Waals surface area contributed by atoms with E-state index in [2.05, 4.69) is 25.4 Å². The molecule has 4 nitrogen and oxygen atoms in total. The SMILES string of the molecule is C=C(/C=C(\C/N=C/C)C(C)C)C/C=C(\N)C(N)=O. The van der Waals surface area contributed by atoms with E-state index in [1.54, 1.807) is 12.3 Å². The van der Waals surface area contributed by atoms with Gasteiger partial charge in [0.1, 0.15) is 0 Å². The number of nitrogens with zero attached hydrogens (tertiary/aromatic N) is 1. The van der Waals surface area contributed by atoms with Gasteiger partial charge in [0.05, 0.1) is 12.2 Å². The van der Waals surface area contributed by atoms with E-state index in [0.717, 1.165) is 5.57 Å². The summed E-state index contributed by atoms with van der Waals surface area (Å²) in [6.45, 7) is 10.7. The van der Waals surface area contributed by atoms with Gasteiger partial charge in [-0.25, -0.2) is 0 Å². The Kier molecular flexibility index (Phi) is 7.43. The fraction of sp³-hybridized carbons (Fsp3) is 0.429. The Bertz CT molecular complexity index is 390. The number of hydrogen-bond acceptors (Lipinski definition) is 3. The van der Waals surface area contributed by atoms with Gasteiger partial charge in [-0.05, 0) is 31.1 Å². The zero-order valence-electron chi connectivity index (χ0n) is 11.4. The summed E-state index contributed by atoms with van der Waals surface area (Å²) >= 11 is 0. The standard InChI is InChI=1S/C14H23N3O/c1-5-17-9-12(10(2)3)8-11(4)6-7-13(15)14(16)18/h5,7-8,10H,4,6,9,15H2,1-3H3,(H2,16,18)/b12-8+,13-7-,17-5+. The third-order valence-corrected chi connectivity index (χ3v) is 2.46. The van der Waals surface area contributed by atoms with Crippen LogP contribution in [0.2, 0.25) is 0 Å². The summed E-state index contributed by atoms with van der Waals surface area (Å²) in [4.78, 5) is 15.0. The van der Waals surface area contributed by atoms with Crippen molar-refractivity contribution in [2.45, 2.75) is 27.2 Å². The molecule has 0 bridgehead atoms. The highest BCUT2D eigenvalue weighted by Crippen LogP contribution is 2.14. The molecule has 18 heavy (non-hydrogen) atoms. The van der Waals surface area contributed by atoms with Crippen molar-refractivity contribution >= 4 is 12.1 Å². The van der Waals surface area contributed by atoms with Crippen LogP contribution in [0.1, 0.15) is 27.2 Å². The van der Waals surface area contributed by atoms with Gasteiger partial charge in [0, 0.05) is 0 Å². The molecule has 100 valence electrons. The van der Waals surface area contributed by atoms with Crippen LogP contribution in [0.25, 0.3) is 0 Å². The number of carbonyl (C=O) groups excluding carboxylic acids is 1. The molecule has 0 unspecified atom stereocenters. The van der Waals surface area contributed by atoms with Gasteiger partial charge >= 0.3 is 0 Å². The van der Waals surface area contributed by atoms with Crippen molar-refractivity contribution in [2.24, 2.45) is 22.4 Å². The van der Waals surface area contributed by atoms with E-state index >= 15 is 0 Å². The zero-order valence-corrected chi connectivity index (χ0v) is 11.4. The molecular weight excluding hydrogens is 226 g/mol. The topological polar surface area (TPSA) is 81.5 Å². The summed E-state index contributed by atoms with van der Waals surface area (Å²) in [5.41, 5.74) is 12.6. The Morgan fingerprint density at radius 1 is 1.39 bits per heavy atom. The maximum atomic E-state index is 10.7. The molecule has 0 aliphatic carbocycles. The highest BCUT2D eigenvalue weighted by Gasteiger charge is 2.03. The van der Waals surface area contributed by atoms with E-state index < -0.39 is 5.91 Å². The molecule has 0 aliphatic rings. The molecule has 0 saturated heterocycles. The molecule has 4 N–H and O–H groups in total. The quantitative estimate of drug-likeness (QED) is 0.410. The predicted molar refractivity (Wildman–Crippen MR) is 77.2 cm³/mol. The van der Waals surface area contributed by atoms with E-state index in [-0.39, 0.29) is 5.70 Å². The van der Waals surface area contributed by atoms with Gasteiger partial charge in [0.25, 0.3) is 5.91 Å². The lowest BCUT2D eigenvalue weighted by Crippen LogP contribution is -2.19. The monoisotopic (exact) mass is 249 g/mol. The zero-order chi connectivity index (χ0) is 14.1. The molecule has 0 saturated carbocycles. The van der Waals surface area contributed by atoms with E-state index in [1.165, 1.54) is 5.57 Å². The maximum absolute atomic E-state index is 10.7. The first-order chi connectivity index (χ1) is 8.38. The number of aliphatic imine (C=N–C) groups is 1. The summed E-state index contributed by atoms with van der Waals surface area (Å²) in [6, 6.07) is 0. The smallest absolute Gasteiger partial charge is 0.264 e. The van der Waals surface area contributed by atoms with Gasteiger partial charge < -0.3 is 11.5 Å². The summed E-state index contributed by atoms with van der Waals surface area (Å²) in [6.07, 6.45) is 5.88. The van der Waals surface area contributed by atoms with Crippen molar-refractivity contribution in [1.29, 1.82) is 0 Å². The molecule has 0 atom stereocenters. The number of nitrogens with two attached hydrogens (primary N) is 2. The molecule has 0 radical (unpaired) electrons. The van der Waals surface area contributed by atoms with Crippen molar-refractivity contribution in [2.75, 3.05) is 6.54 Å². The molecule has 0 heterocycles. The highest BCUT2D eigenvalue weighted by atomic mass is 16.1. The van der Waals surface area contributed by atoms with Crippen molar-refractivity contribution in [3.63, 3.8) is 0 Å². The fourth-order valence-corrected chi connectivity index (χ4v) is 1.25. The van der Waals surface area contributed by atoms with Gasteiger partial charge in [-0.3, -0.25) is 9.79 Å². The van der Waals surface area contributed by atoms with Crippen molar-refractivity contribution in [3.8, 4) is 0 Å². The lowest BCUT2D eigenvalue weighted by Gasteiger charge is -2.09. The molecule has 1 amide bonds. The lowest BCUT2D eigenvalue weighted by molar-refractivity contribution is -0.114. The third kappa shape index (κ3) is 6.68. The fourth-order valence-electron chi connectivity index (χ4n) is 1.25. The van der Waals surface area contributed by atoms with Crippen LogP contribution in [0, 0.1) is 5.92 Å². The molecule has 0 aromatic heterocycles. The Hall–Kier alpha value is -1.84. The number of amides is 1. The molecular formula is C14H23N3O. The Morgan fingerprint density at radius 3 is 2.44 bits per heavy atom. The summed E-state index contributed by atoms with van der Waals surface area (Å²) in [5.74, 6) is -0.200. The molecule has 0 fully saturated rings. The van der Waals surface area contributed by atoms with Gasteiger partial charge in [-0.1, -0.05) is 38.2 Å². The molecule has 0 aliphatic heterocycles. The van der Waals surface area contributed by atoms with Crippen LogP contribution in [-0.2, 0) is 4.79 Å². The summed E-state index contributed by atoms with van der Waals surface area (Å²) < 4.78 is 0. The average Bonchev–Trinajstić information content (AvgIpc) is 2.30. The van der Waals surface area contributed by atoms with Gasteiger partial charge in [-0.15, -0.1) is 0 Å². The largest absolute Gasteiger partial charge is 0.395 e. The number of hydrogen-bond donors (Lipinski definition) is 2. The normalized spacial score (nSPS) is 13.3. The van der Waals surface area contributed by atoms with Crippen LogP contribution in [0.3, 0.4) is 0 Å². The Morgan fingerprint density at radius 2 is 2.00 bits per heavy atom. The van der Waals surface area contributed by atoms with Gasteiger partial charge in [0.2, 0.25) is 0 Å². The molecule has 4 heteroatoms. The second-order valence-electron chi connectivity index (χ2n) is 4.36. The third-order valence-electron chi connectivity index (χ3n) is 2.46. The predicted octanol–water partition coefficient (Wildman–Crippen LogP) is 1.93. The van der Waals surface area contributed by atoms with Gasteiger partial charge in [-0.2, -0.15) is 0 Å². The molecule has 0 aromatic carbocycles. The van der Waals surface area contributed by atoms with Crippen LogP contribution in [0.15, 0.2) is 40.6 Å². The number of primary amides is 1. The number of carbonyl (C=O) groups is 1. The Balaban J connectivity index is 4.66. The van der Waals surface area contributed by atoms with E-state index in [0.29, 0.717) is 18.9 Å². The second kappa shape index (κ2) is 8.28. The lowest BCUT2D eigenvalue weighted by atomic mass is 9.99. The van der Waals surface area contributed by atoms with E-state index in [9.17, 15) is 4.79 Å². The highest BCUT2D eigenvalue weighted by molar-refractivity contribution is 5.90. The van der Waals surface area contributed by atoms with Crippen LogP contribution in [-0.4, -0.2) is 18.7 Å². The second-order valence-corrected chi connectivity index (χ2v) is 4.36. The van der Waals surface area contributed by atoms with Crippen LogP contribution < -0.4 is 11.5 Å². The Labute approximate surface area is 109 Å². The average molecular weight is 249 g/mol. The first kappa shape index (κ1) is 16.2. The first-order valence-corrected chi connectivity index (χ1v) is 5.96. The molecule has 0 aromatic rings. The van der Waals surface area contributed by atoms with Crippen LogP contribution >= 0.6 is 0 Å². The van der Waals surface area contributed by atoms with Gasteiger partial charge in [0.15, 0.2) is 0 Å². The van der Waals surface area contributed by atoms with Crippen LogP contribution in [0.4, 0.5) is 0 Å². The van der Waals surface area contributed by atoms with Crippen LogP contribution in [0.5, 0.6) is 0 Å². The maximum Gasteiger partial charge on any atom is 0.264 e. The van der Waals surface area contributed by atoms with E-state index in [1.807, 2.05) is 13.0 Å². The van der Waals surface area contributed by atoms with Crippen molar-refractivity contribution < 1.29 is 4.79 Å². The minimum Gasteiger partial charge on any atom is -0.395 e. The number of allylic oxidation sites excluding steroid dienone is 3. The minimum absolute atomic E-state index is 0.0715. The summed E-state index contributed by atoms with van der Waals surface area (Å²) in [5, 5.41) is 0. The molecule has 0 rings (SSSR count). The summed E-state index contributed by atoms with van der Waals surface area (Å²) in [7, 11) is 0. The first-order valence-electron chi connectivity index (χ1n) is 5.96. The van der Waals surface area contributed by atoms with E-state index in [4.69, 9.17) is 11.5 Å². The number of rotatable bonds is 7. The van der Waals surface area contributed by atoms with Crippen molar-refractivity contribution in [3.05, 3.63) is 35.6 Å². The molecule has 0 spiro atoms.